The summed E-state index contributed by atoms with van der Waals surface area (Å²) >= 11 is 5.28. The minimum absolute atomic E-state index is 0.257. The third kappa shape index (κ3) is 4.09. The van der Waals surface area contributed by atoms with E-state index in [1.165, 1.54) is 0 Å². The molecule has 6 heteroatoms. The van der Waals surface area contributed by atoms with E-state index in [0.717, 1.165) is 11.3 Å². The van der Waals surface area contributed by atoms with Gasteiger partial charge in [0.05, 0.1) is 0 Å². The van der Waals surface area contributed by atoms with Crippen molar-refractivity contribution in [3.63, 3.8) is 0 Å². The Balaban J connectivity index is 1.68. The Kier molecular flexibility index (Phi) is 5.19. The maximum absolute atomic E-state index is 12.4. The van der Waals surface area contributed by atoms with Crippen molar-refractivity contribution in [1.29, 1.82) is 0 Å². The Hall–Kier alpha value is -2.60. The zero-order chi connectivity index (χ0) is 17.8. The summed E-state index contributed by atoms with van der Waals surface area (Å²) in [5.41, 5.74) is 2.49. The molecule has 1 heterocycles. The zero-order valence-electron chi connectivity index (χ0n) is 14.2. The summed E-state index contributed by atoms with van der Waals surface area (Å²) in [5.74, 6) is 1.27. The van der Waals surface area contributed by atoms with Gasteiger partial charge in [-0.25, -0.2) is 0 Å². The molecule has 0 saturated heterocycles. The van der Waals surface area contributed by atoms with Crippen LogP contribution in [0.3, 0.4) is 0 Å². The van der Waals surface area contributed by atoms with Crippen LogP contribution < -0.4 is 20.1 Å². The average Bonchev–Trinajstić information content (AvgIpc) is 2.61. The van der Waals surface area contributed by atoms with Crippen LogP contribution >= 0.6 is 12.2 Å². The number of benzene rings is 2. The molecule has 0 radical (unpaired) electrons. The van der Waals surface area contributed by atoms with Crippen molar-refractivity contribution in [2.24, 2.45) is 0 Å². The number of ether oxygens (including phenoxy) is 2. The van der Waals surface area contributed by atoms with Crippen molar-refractivity contribution in [2.75, 3.05) is 18.5 Å². The van der Waals surface area contributed by atoms with E-state index in [2.05, 4.69) is 24.5 Å². The number of para-hydroxylation sites is 1. The topological polar surface area (TPSA) is 59.6 Å². The van der Waals surface area contributed by atoms with Crippen molar-refractivity contribution >= 4 is 28.9 Å². The Morgan fingerprint density at radius 1 is 1.08 bits per heavy atom. The number of carbonyl (C=O) groups is 1. The first kappa shape index (κ1) is 17.2. The van der Waals surface area contributed by atoms with Gasteiger partial charge < -0.3 is 14.8 Å². The molecule has 0 spiro atoms. The summed E-state index contributed by atoms with van der Waals surface area (Å²) in [7, 11) is 0. The smallest absolute Gasteiger partial charge is 0.257 e. The molecule has 1 amide bonds. The van der Waals surface area contributed by atoms with Crippen LogP contribution in [0.15, 0.2) is 42.5 Å². The maximum Gasteiger partial charge on any atom is 0.257 e. The molecule has 0 saturated carbocycles. The third-order valence-corrected chi connectivity index (χ3v) is 4.07. The van der Waals surface area contributed by atoms with Crippen LogP contribution in [-0.2, 0) is 0 Å². The van der Waals surface area contributed by atoms with Crippen molar-refractivity contribution in [3.05, 3.63) is 53.6 Å². The maximum atomic E-state index is 12.4. The van der Waals surface area contributed by atoms with E-state index in [1.807, 2.05) is 24.3 Å². The van der Waals surface area contributed by atoms with E-state index in [9.17, 15) is 4.79 Å². The van der Waals surface area contributed by atoms with Crippen molar-refractivity contribution in [1.82, 2.24) is 5.32 Å². The van der Waals surface area contributed by atoms with Crippen molar-refractivity contribution in [2.45, 2.75) is 19.8 Å². The van der Waals surface area contributed by atoms with E-state index in [0.29, 0.717) is 36.2 Å². The first-order chi connectivity index (χ1) is 12.0. The molecule has 0 aromatic heterocycles. The van der Waals surface area contributed by atoms with Gasteiger partial charge in [0.1, 0.15) is 13.2 Å². The minimum atomic E-state index is -0.295. The number of fused-ring (bicyclic) bond motifs is 1. The van der Waals surface area contributed by atoms with Gasteiger partial charge in [0.2, 0.25) is 0 Å². The van der Waals surface area contributed by atoms with Crippen LogP contribution in [0.25, 0.3) is 0 Å². The van der Waals surface area contributed by atoms with E-state index >= 15 is 0 Å². The first-order valence-corrected chi connectivity index (χ1v) is 8.56. The monoisotopic (exact) mass is 356 g/mol. The number of hydrogen-bond donors (Lipinski definition) is 2. The van der Waals surface area contributed by atoms with Gasteiger partial charge in [-0.15, -0.1) is 0 Å². The van der Waals surface area contributed by atoms with E-state index in [-0.39, 0.29) is 11.0 Å². The second kappa shape index (κ2) is 7.53. The molecule has 2 aromatic carbocycles. The molecule has 1 aliphatic heterocycles. The second-order valence-electron chi connectivity index (χ2n) is 6.01. The largest absolute Gasteiger partial charge is 0.486 e. The van der Waals surface area contributed by atoms with Crippen molar-refractivity contribution in [3.8, 4) is 11.5 Å². The summed E-state index contributed by atoms with van der Waals surface area (Å²) in [6, 6.07) is 13.0. The first-order valence-electron chi connectivity index (χ1n) is 8.15. The standard InChI is InChI=1S/C19H20N2O3S/c1-12(2)14-5-3-4-6-15(14)20-19(25)21-18(22)13-7-8-16-17(11-13)24-10-9-23-16/h3-8,11-12H,9-10H2,1-2H3,(H2,20,21,22,25). The zero-order valence-corrected chi connectivity index (χ0v) is 15.0. The molecular weight excluding hydrogens is 336 g/mol. The number of nitrogens with one attached hydrogen (secondary N) is 2. The number of amides is 1. The molecule has 5 nitrogen and oxygen atoms in total. The molecular formula is C19H20N2O3S. The molecule has 3 rings (SSSR count). The van der Waals surface area contributed by atoms with E-state index in [4.69, 9.17) is 21.7 Å². The third-order valence-electron chi connectivity index (χ3n) is 3.86. The molecule has 1 aliphatic rings. The Bertz CT molecular complexity index is 805. The molecule has 2 aromatic rings. The van der Waals surface area contributed by atoms with Gasteiger partial charge in [-0.05, 0) is 48.0 Å². The lowest BCUT2D eigenvalue weighted by atomic mass is 10.0. The van der Waals surface area contributed by atoms with Crippen LogP contribution in [0.5, 0.6) is 11.5 Å². The van der Waals surface area contributed by atoms with Gasteiger partial charge in [0.25, 0.3) is 5.91 Å². The van der Waals surface area contributed by atoms with Crippen LogP contribution in [0.4, 0.5) is 5.69 Å². The normalized spacial score (nSPS) is 12.6. The lowest BCUT2D eigenvalue weighted by Crippen LogP contribution is -2.34. The number of hydrogen-bond acceptors (Lipinski definition) is 4. The number of anilines is 1. The Labute approximate surface area is 152 Å². The summed E-state index contributed by atoms with van der Waals surface area (Å²) < 4.78 is 11.0. The number of thiocarbonyl (C=S) groups is 1. The van der Waals surface area contributed by atoms with Crippen molar-refractivity contribution < 1.29 is 14.3 Å². The molecule has 0 aliphatic carbocycles. The molecule has 0 atom stereocenters. The van der Waals surface area contributed by atoms with Gasteiger partial charge in [0.15, 0.2) is 16.6 Å². The highest BCUT2D eigenvalue weighted by molar-refractivity contribution is 7.80. The summed E-state index contributed by atoms with van der Waals surface area (Å²) in [6.07, 6.45) is 0. The van der Waals surface area contributed by atoms with E-state index < -0.39 is 0 Å². The van der Waals surface area contributed by atoms with Gasteiger partial charge in [-0.1, -0.05) is 32.0 Å². The highest BCUT2D eigenvalue weighted by Gasteiger charge is 2.16. The van der Waals surface area contributed by atoms with Gasteiger partial charge in [0, 0.05) is 11.3 Å². The van der Waals surface area contributed by atoms with Gasteiger partial charge in [-0.3, -0.25) is 10.1 Å². The van der Waals surface area contributed by atoms with Crippen LogP contribution in [0, 0.1) is 0 Å². The van der Waals surface area contributed by atoms with E-state index in [1.54, 1.807) is 18.2 Å². The summed E-state index contributed by atoms with van der Waals surface area (Å²) in [4.78, 5) is 12.4. The summed E-state index contributed by atoms with van der Waals surface area (Å²) in [5, 5.41) is 6.06. The predicted octanol–water partition coefficient (Wildman–Crippen LogP) is 3.71. The lowest BCUT2D eigenvalue weighted by Gasteiger charge is -2.19. The van der Waals surface area contributed by atoms with Gasteiger partial charge >= 0.3 is 0 Å². The average molecular weight is 356 g/mol. The minimum Gasteiger partial charge on any atom is -0.486 e. The number of carbonyl (C=O) groups excluding carboxylic acids is 1. The quantitative estimate of drug-likeness (QED) is 0.821. The molecule has 0 bridgehead atoms. The Morgan fingerprint density at radius 2 is 1.80 bits per heavy atom. The Morgan fingerprint density at radius 3 is 2.56 bits per heavy atom. The highest BCUT2D eigenvalue weighted by atomic mass is 32.1. The highest BCUT2D eigenvalue weighted by Crippen LogP contribution is 2.30. The lowest BCUT2D eigenvalue weighted by molar-refractivity contribution is 0.0976. The number of rotatable bonds is 3. The molecule has 25 heavy (non-hydrogen) atoms. The molecule has 0 fully saturated rings. The van der Waals surface area contributed by atoms with Crippen LogP contribution in [0.2, 0.25) is 0 Å². The second-order valence-corrected chi connectivity index (χ2v) is 6.42. The summed E-state index contributed by atoms with van der Waals surface area (Å²) in [6.45, 7) is 5.21. The fourth-order valence-corrected chi connectivity index (χ4v) is 2.83. The molecule has 2 N–H and O–H groups in total. The van der Waals surface area contributed by atoms with Gasteiger partial charge in [-0.2, -0.15) is 0 Å². The van der Waals surface area contributed by atoms with Crippen LogP contribution in [-0.4, -0.2) is 24.2 Å². The molecule has 0 unspecified atom stereocenters. The fourth-order valence-electron chi connectivity index (χ4n) is 2.63. The predicted molar refractivity (Wildman–Crippen MR) is 102 cm³/mol. The molecule has 130 valence electrons. The van der Waals surface area contributed by atoms with Crippen LogP contribution in [0.1, 0.15) is 35.7 Å². The fraction of sp³-hybridized carbons (Fsp3) is 0.263. The SMILES string of the molecule is CC(C)c1ccccc1NC(=S)NC(=O)c1ccc2c(c1)OCCO2.